The van der Waals surface area contributed by atoms with Crippen molar-refractivity contribution in [1.82, 2.24) is 4.31 Å². The van der Waals surface area contributed by atoms with Gasteiger partial charge in [0.25, 0.3) is 0 Å². The Morgan fingerprint density at radius 3 is 2.74 bits per heavy atom. The Bertz CT molecular complexity index is 965. The monoisotopic (exact) mass is 410 g/mol. The predicted molar refractivity (Wildman–Crippen MR) is 103 cm³/mol. The van der Waals surface area contributed by atoms with Crippen LogP contribution < -0.4 is 5.32 Å². The van der Waals surface area contributed by atoms with Crippen molar-refractivity contribution in [3.8, 4) is 0 Å². The van der Waals surface area contributed by atoms with E-state index in [1.807, 2.05) is 0 Å². The summed E-state index contributed by atoms with van der Waals surface area (Å²) in [5.74, 6) is -1.27. The number of rotatable bonds is 4. The Morgan fingerprint density at radius 2 is 2.04 bits per heavy atom. The van der Waals surface area contributed by atoms with Crippen LogP contribution in [0.5, 0.6) is 0 Å². The number of nitrogens with one attached hydrogen (secondary N) is 1. The number of carbonyl (C=O) groups is 1. The van der Waals surface area contributed by atoms with E-state index in [1.165, 1.54) is 34.6 Å². The number of anilines is 1. The van der Waals surface area contributed by atoms with Crippen LogP contribution >= 0.6 is 11.6 Å². The molecule has 0 aromatic heterocycles. The van der Waals surface area contributed by atoms with Crippen LogP contribution in [0.4, 0.5) is 10.1 Å². The van der Waals surface area contributed by atoms with E-state index in [4.69, 9.17) is 11.6 Å². The Morgan fingerprint density at radius 1 is 1.26 bits per heavy atom. The first-order valence-electron chi connectivity index (χ1n) is 8.60. The minimum atomic E-state index is -3.74. The number of sulfonamides is 1. The third-order valence-corrected chi connectivity index (χ3v) is 6.90. The maximum atomic E-state index is 13.3. The molecule has 1 heterocycles. The number of amides is 1. The van der Waals surface area contributed by atoms with Crippen molar-refractivity contribution >= 4 is 33.2 Å². The van der Waals surface area contributed by atoms with Crippen LogP contribution in [0.25, 0.3) is 0 Å². The number of hydrogen-bond donors (Lipinski definition) is 1. The molecule has 2 aromatic rings. The molecular formula is C19H20ClFN2O3S. The summed E-state index contributed by atoms with van der Waals surface area (Å²) in [5.41, 5.74) is 1.15. The standard InChI is InChI=1S/C19H20ClFN2O3S/c1-13-7-8-17(11-18(13)20)27(25,26)23-9-3-4-14(12-23)19(24)22-16-6-2-5-15(21)10-16/h2,5-8,10-11,14H,3-4,9,12H2,1H3,(H,22,24)/t14-/m1/s1. The zero-order valence-corrected chi connectivity index (χ0v) is 16.4. The minimum absolute atomic E-state index is 0.0784. The number of carbonyl (C=O) groups excluding carboxylic acids is 1. The highest BCUT2D eigenvalue weighted by Crippen LogP contribution is 2.27. The molecule has 0 spiro atoms. The third-order valence-electron chi connectivity index (χ3n) is 4.63. The molecule has 1 saturated heterocycles. The van der Waals surface area contributed by atoms with E-state index in [9.17, 15) is 17.6 Å². The molecule has 1 fully saturated rings. The molecule has 1 aliphatic heterocycles. The lowest BCUT2D eigenvalue weighted by atomic mass is 9.99. The first-order chi connectivity index (χ1) is 12.8. The van der Waals surface area contributed by atoms with E-state index in [2.05, 4.69) is 5.32 Å². The van der Waals surface area contributed by atoms with Gasteiger partial charge in [-0.1, -0.05) is 23.7 Å². The fraction of sp³-hybridized carbons (Fsp3) is 0.316. The maximum absolute atomic E-state index is 13.3. The summed E-state index contributed by atoms with van der Waals surface area (Å²) in [6, 6.07) is 10.2. The lowest BCUT2D eigenvalue weighted by Crippen LogP contribution is -2.43. The average molecular weight is 411 g/mol. The number of hydrogen-bond acceptors (Lipinski definition) is 3. The van der Waals surface area contributed by atoms with Crippen LogP contribution in [0.2, 0.25) is 5.02 Å². The Balaban J connectivity index is 1.74. The van der Waals surface area contributed by atoms with Gasteiger partial charge in [-0.25, -0.2) is 12.8 Å². The van der Waals surface area contributed by atoms with Crippen molar-refractivity contribution in [2.75, 3.05) is 18.4 Å². The molecule has 0 radical (unpaired) electrons. The van der Waals surface area contributed by atoms with Crippen molar-refractivity contribution in [2.24, 2.45) is 5.92 Å². The van der Waals surface area contributed by atoms with Gasteiger partial charge in [0.05, 0.1) is 10.8 Å². The fourth-order valence-electron chi connectivity index (χ4n) is 3.07. The number of benzene rings is 2. The molecule has 0 unspecified atom stereocenters. The Labute approximate surface area is 163 Å². The third kappa shape index (κ3) is 4.48. The van der Waals surface area contributed by atoms with Crippen LogP contribution in [0.1, 0.15) is 18.4 Å². The summed E-state index contributed by atoms with van der Waals surface area (Å²) in [6.45, 7) is 2.22. The SMILES string of the molecule is Cc1ccc(S(=O)(=O)N2CCC[C@@H](C(=O)Nc3cccc(F)c3)C2)cc1Cl. The van der Waals surface area contributed by atoms with Crippen molar-refractivity contribution in [2.45, 2.75) is 24.7 Å². The number of halogens is 2. The van der Waals surface area contributed by atoms with E-state index in [0.717, 1.165) is 5.56 Å². The molecule has 0 aliphatic carbocycles. The molecule has 2 aromatic carbocycles. The lowest BCUT2D eigenvalue weighted by molar-refractivity contribution is -0.120. The van der Waals surface area contributed by atoms with E-state index in [-0.39, 0.29) is 17.3 Å². The second-order valence-corrected chi connectivity index (χ2v) is 8.96. The van der Waals surface area contributed by atoms with Crippen LogP contribution in [0, 0.1) is 18.7 Å². The molecule has 5 nitrogen and oxygen atoms in total. The van der Waals surface area contributed by atoms with Crippen LogP contribution in [0.15, 0.2) is 47.4 Å². The number of aryl methyl sites for hydroxylation is 1. The van der Waals surface area contributed by atoms with Gasteiger partial charge in [-0.2, -0.15) is 4.31 Å². The van der Waals surface area contributed by atoms with Gasteiger partial charge in [-0.15, -0.1) is 0 Å². The van der Waals surface area contributed by atoms with E-state index in [1.54, 1.807) is 19.1 Å². The molecule has 1 N–H and O–H groups in total. The van der Waals surface area contributed by atoms with Gasteiger partial charge in [0.15, 0.2) is 0 Å². The van der Waals surface area contributed by atoms with E-state index >= 15 is 0 Å². The van der Waals surface area contributed by atoms with Crippen molar-refractivity contribution in [3.05, 3.63) is 58.9 Å². The van der Waals surface area contributed by atoms with Crippen LogP contribution in [0.3, 0.4) is 0 Å². The molecule has 0 bridgehead atoms. The molecule has 144 valence electrons. The fourth-order valence-corrected chi connectivity index (χ4v) is 4.86. The average Bonchev–Trinajstić information content (AvgIpc) is 2.64. The quantitative estimate of drug-likeness (QED) is 0.833. The van der Waals surface area contributed by atoms with Gasteiger partial charge < -0.3 is 5.32 Å². The molecular weight excluding hydrogens is 391 g/mol. The minimum Gasteiger partial charge on any atom is -0.326 e. The van der Waals surface area contributed by atoms with Crippen molar-refractivity contribution in [3.63, 3.8) is 0 Å². The van der Waals surface area contributed by atoms with Crippen molar-refractivity contribution in [1.29, 1.82) is 0 Å². The van der Waals surface area contributed by atoms with Crippen molar-refractivity contribution < 1.29 is 17.6 Å². The molecule has 27 heavy (non-hydrogen) atoms. The summed E-state index contributed by atoms with van der Waals surface area (Å²) < 4.78 is 40.4. The van der Waals surface area contributed by atoms with Crippen LogP contribution in [-0.4, -0.2) is 31.7 Å². The molecule has 1 atom stereocenters. The smallest absolute Gasteiger partial charge is 0.243 e. The highest BCUT2D eigenvalue weighted by atomic mass is 35.5. The maximum Gasteiger partial charge on any atom is 0.243 e. The van der Waals surface area contributed by atoms with Gasteiger partial charge in [0.2, 0.25) is 15.9 Å². The summed E-state index contributed by atoms with van der Waals surface area (Å²) in [7, 11) is -3.74. The highest BCUT2D eigenvalue weighted by Gasteiger charge is 2.33. The highest BCUT2D eigenvalue weighted by molar-refractivity contribution is 7.89. The first kappa shape index (κ1) is 19.8. The number of nitrogens with zero attached hydrogens (tertiary/aromatic N) is 1. The van der Waals surface area contributed by atoms with E-state index < -0.39 is 21.8 Å². The molecule has 3 rings (SSSR count). The molecule has 0 saturated carbocycles. The summed E-state index contributed by atoms with van der Waals surface area (Å²) in [6.07, 6.45) is 1.14. The molecule has 8 heteroatoms. The Hall–Kier alpha value is -1.96. The number of piperidine rings is 1. The molecule has 1 aliphatic rings. The normalized spacial score (nSPS) is 18.3. The topological polar surface area (TPSA) is 66.5 Å². The van der Waals surface area contributed by atoms with Gasteiger partial charge in [0, 0.05) is 23.8 Å². The largest absolute Gasteiger partial charge is 0.326 e. The van der Waals surface area contributed by atoms with Gasteiger partial charge >= 0.3 is 0 Å². The second kappa shape index (κ2) is 7.96. The summed E-state index contributed by atoms with van der Waals surface area (Å²) in [5, 5.41) is 3.04. The Kier molecular flexibility index (Phi) is 5.83. The van der Waals surface area contributed by atoms with E-state index in [0.29, 0.717) is 30.1 Å². The predicted octanol–water partition coefficient (Wildman–Crippen LogP) is 3.83. The van der Waals surface area contributed by atoms with Crippen LogP contribution in [-0.2, 0) is 14.8 Å². The summed E-state index contributed by atoms with van der Waals surface area (Å²) >= 11 is 6.06. The lowest BCUT2D eigenvalue weighted by Gasteiger charge is -2.31. The van der Waals surface area contributed by atoms with Gasteiger partial charge in [0.1, 0.15) is 5.82 Å². The van der Waals surface area contributed by atoms with Gasteiger partial charge in [-0.05, 0) is 55.7 Å². The zero-order chi connectivity index (χ0) is 19.6. The first-order valence-corrected chi connectivity index (χ1v) is 10.4. The zero-order valence-electron chi connectivity index (χ0n) is 14.8. The second-order valence-electron chi connectivity index (χ2n) is 6.61. The summed E-state index contributed by atoms with van der Waals surface area (Å²) in [4.78, 5) is 12.6. The molecule has 1 amide bonds. The van der Waals surface area contributed by atoms with Gasteiger partial charge in [-0.3, -0.25) is 4.79 Å².